The number of nitrogens with two attached hydrogens (primary N) is 1. The van der Waals surface area contributed by atoms with Crippen LogP contribution in [-0.2, 0) is 9.53 Å². The summed E-state index contributed by atoms with van der Waals surface area (Å²) in [5, 5.41) is 10.1. The first-order valence-corrected chi connectivity index (χ1v) is 5.29. The molecule has 0 aliphatic heterocycles. The van der Waals surface area contributed by atoms with Crippen LogP contribution in [-0.4, -0.2) is 17.7 Å². The number of aromatic hydroxyl groups is 1. The topological polar surface area (TPSA) is 72.5 Å². The largest absolute Gasteiger partial charge is 0.505 e. The molecule has 88 valence electrons. The van der Waals surface area contributed by atoms with Gasteiger partial charge in [-0.25, -0.2) is 0 Å². The summed E-state index contributed by atoms with van der Waals surface area (Å²) in [4.78, 5) is 11.5. The molecule has 0 saturated heterocycles. The molecule has 0 aliphatic carbocycles. The Hall–Kier alpha value is -1.42. The number of rotatable bonds is 3. The van der Waals surface area contributed by atoms with Gasteiger partial charge < -0.3 is 15.6 Å². The van der Waals surface area contributed by atoms with Gasteiger partial charge in [0, 0.05) is 10.6 Å². The normalized spacial score (nSPS) is 12.2. The van der Waals surface area contributed by atoms with Crippen molar-refractivity contribution in [2.45, 2.75) is 19.8 Å². The number of nitrogen functional groups attached to an aromatic ring is 1. The van der Waals surface area contributed by atoms with Crippen LogP contribution in [0.15, 0.2) is 12.1 Å². The molecule has 16 heavy (non-hydrogen) atoms. The summed E-state index contributed by atoms with van der Waals surface area (Å²) in [5.74, 6) is -1.13. The zero-order valence-corrected chi connectivity index (χ0v) is 9.91. The predicted octanol–water partition coefficient (Wildman–Crippen LogP) is 2.29. The van der Waals surface area contributed by atoms with Crippen LogP contribution in [0.4, 0.5) is 5.69 Å². The third-order valence-electron chi connectivity index (χ3n) is 2.24. The highest BCUT2D eigenvalue weighted by Crippen LogP contribution is 2.34. The fourth-order valence-electron chi connectivity index (χ4n) is 1.37. The highest BCUT2D eigenvalue weighted by molar-refractivity contribution is 6.31. The van der Waals surface area contributed by atoms with E-state index in [0.717, 1.165) is 0 Å². The zero-order chi connectivity index (χ0) is 12.3. The highest BCUT2D eigenvalue weighted by atomic mass is 35.5. The van der Waals surface area contributed by atoms with Crippen molar-refractivity contribution in [3.8, 4) is 5.75 Å². The maximum Gasteiger partial charge on any atom is 0.313 e. The van der Waals surface area contributed by atoms with Crippen LogP contribution < -0.4 is 5.73 Å². The standard InChI is InChI=1S/C11H14ClNO3/c1-3-16-11(15)6(2)8-4-7(12)5-9(13)10(8)14/h4-6,14H,3,13H2,1-2H3. The summed E-state index contributed by atoms with van der Waals surface area (Å²) in [7, 11) is 0. The first-order valence-electron chi connectivity index (χ1n) is 4.91. The van der Waals surface area contributed by atoms with Crippen molar-refractivity contribution in [3.05, 3.63) is 22.7 Å². The van der Waals surface area contributed by atoms with E-state index in [-0.39, 0.29) is 11.4 Å². The quantitative estimate of drug-likeness (QED) is 0.485. The Kier molecular flexibility index (Phi) is 4.01. The molecule has 4 nitrogen and oxygen atoms in total. The molecule has 0 aromatic heterocycles. The maximum atomic E-state index is 11.5. The molecule has 0 radical (unpaired) electrons. The summed E-state index contributed by atoms with van der Waals surface area (Å²) in [6, 6.07) is 2.94. The van der Waals surface area contributed by atoms with Crippen LogP contribution in [0, 0.1) is 0 Å². The van der Waals surface area contributed by atoms with E-state index in [9.17, 15) is 9.90 Å². The molecule has 0 spiro atoms. The summed E-state index contributed by atoms with van der Waals surface area (Å²) in [6.07, 6.45) is 0. The summed E-state index contributed by atoms with van der Waals surface area (Å²) < 4.78 is 4.86. The van der Waals surface area contributed by atoms with Gasteiger partial charge in [-0.3, -0.25) is 4.79 Å². The van der Waals surface area contributed by atoms with Gasteiger partial charge in [0.1, 0.15) is 5.75 Å². The number of carbonyl (C=O) groups excluding carboxylic acids is 1. The second kappa shape index (κ2) is 5.07. The number of phenolic OH excluding ortho intramolecular Hbond substituents is 1. The SMILES string of the molecule is CCOC(=O)C(C)c1cc(Cl)cc(N)c1O. The van der Waals surface area contributed by atoms with Gasteiger partial charge in [0.2, 0.25) is 0 Å². The van der Waals surface area contributed by atoms with E-state index >= 15 is 0 Å². The number of hydrogen-bond donors (Lipinski definition) is 2. The van der Waals surface area contributed by atoms with Crippen molar-refractivity contribution >= 4 is 23.3 Å². The Morgan fingerprint density at radius 2 is 2.25 bits per heavy atom. The second-order valence-electron chi connectivity index (χ2n) is 3.41. The van der Waals surface area contributed by atoms with Gasteiger partial charge in [-0.15, -0.1) is 0 Å². The third-order valence-corrected chi connectivity index (χ3v) is 2.46. The van der Waals surface area contributed by atoms with E-state index < -0.39 is 11.9 Å². The van der Waals surface area contributed by atoms with Gasteiger partial charge in [-0.1, -0.05) is 11.6 Å². The first-order chi connectivity index (χ1) is 7.47. The molecule has 1 aromatic carbocycles. The summed E-state index contributed by atoms with van der Waals surface area (Å²) in [6.45, 7) is 3.64. The van der Waals surface area contributed by atoms with Crippen molar-refractivity contribution in [2.75, 3.05) is 12.3 Å². The molecule has 1 aromatic rings. The van der Waals surface area contributed by atoms with E-state index in [2.05, 4.69) is 0 Å². The van der Waals surface area contributed by atoms with E-state index in [1.807, 2.05) is 0 Å². The molecule has 3 N–H and O–H groups in total. The lowest BCUT2D eigenvalue weighted by Gasteiger charge is -2.14. The van der Waals surface area contributed by atoms with Gasteiger partial charge in [0.25, 0.3) is 0 Å². The van der Waals surface area contributed by atoms with Crippen LogP contribution in [0.25, 0.3) is 0 Å². The van der Waals surface area contributed by atoms with Crippen molar-refractivity contribution in [2.24, 2.45) is 0 Å². The smallest absolute Gasteiger partial charge is 0.313 e. The van der Waals surface area contributed by atoms with Gasteiger partial charge >= 0.3 is 5.97 Å². The van der Waals surface area contributed by atoms with Gasteiger partial charge in [0.15, 0.2) is 0 Å². The molecule has 5 heteroatoms. The number of anilines is 1. The molecule has 0 aliphatic rings. The Morgan fingerprint density at radius 3 is 2.81 bits per heavy atom. The van der Waals surface area contributed by atoms with Crippen LogP contribution in [0.3, 0.4) is 0 Å². The van der Waals surface area contributed by atoms with Crippen LogP contribution in [0.2, 0.25) is 5.02 Å². The Bertz CT molecular complexity index is 406. The number of benzene rings is 1. The molecule has 0 amide bonds. The monoisotopic (exact) mass is 243 g/mol. The zero-order valence-electron chi connectivity index (χ0n) is 9.16. The van der Waals surface area contributed by atoms with Gasteiger partial charge in [-0.2, -0.15) is 0 Å². The van der Waals surface area contributed by atoms with Crippen LogP contribution in [0.1, 0.15) is 25.3 Å². The Labute approximate surface area is 99.0 Å². The lowest BCUT2D eigenvalue weighted by Crippen LogP contribution is -2.13. The summed E-state index contributed by atoms with van der Waals surface area (Å²) in [5.41, 5.74) is 6.08. The number of phenols is 1. The van der Waals surface area contributed by atoms with Crippen LogP contribution in [0.5, 0.6) is 5.75 Å². The molecule has 1 unspecified atom stereocenters. The number of halogens is 1. The fraction of sp³-hybridized carbons (Fsp3) is 0.364. The second-order valence-corrected chi connectivity index (χ2v) is 3.84. The lowest BCUT2D eigenvalue weighted by molar-refractivity contribution is -0.144. The molecular weight excluding hydrogens is 230 g/mol. The molecule has 0 heterocycles. The van der Waals surface area contributed by atoms with Crippen molar-refractivity contribution < 1.29 is 14.6 Å². The Morgan fingerprint density at radius 1 is 1.62 bits per heavy atom. The average Bonchev–Trinajstić information content (AvgIpc) is 2.22. The van der Waals surface area contributed by atoms with Crippen LogP contribution >= 0.6 is 11.6 Å². The summed E-state index contributed by atoms with van der Waals surface area (Å²) >= 11 is 5.80. The minimum atomic E-state index is -0.596. The van der Waals surface area contributed by atoms with Crippen molar-refractivity contribution in [1.82, 2.24) is 0 Å². The van der Waals surface area contributed by atoms with Crippen molar-refractivity contribution in [3.63, 3.8) is 0 Å². The fourth-order valence-corrected chi connectivity index (χ4v) is 1.60. The van der Waals surface area contributed by atoms with E-state index in [1.165, 1.54) is 12.1 Å². The minimum absolute atomic E-state index is 0.120. The highest BCUT2D eigenvalue weighted by Gasteiger charge is 2.21. The minimum Gasteiger partial charge on any atom is -0.505 e. The van der Waals surface area contributed by atoms with Crippen molar-refractivity contribution in [1.29, 1.82) is 0 Å². The van der Waals surface area contributed by atoms with E-state index in [0.29, 0.717) is 17.2 Å². The first kappa shape index (κ1) is 12.6. The van der Waals surface area contributed by atoms with E-state index in [1.54, 1.807) is 13.8 Å². The maximum absolute atomic E-state index is 11.5. The predicted molar refractivity (Wildman–Crippen MR) is 62.6 cm³/mol. The molecule has 0 fully saturated rings. The number of esters is 1. The molecule has 1 atom stereocenters. The lowest BCUT2D eigenvalue weighted by atomic mass is 9.99. The molecule has 1 rings (SSSR count). The van der Waals surface area contributed by atoms with Gasteiger partial charge in [-0.05, 0) is 26.0 Å². The number of ether oxygens (including phenoxy) is 1. The van der Waals surface area contributed by atoms with Gasteiger partial charge in [0.05, 0.1) is 18.2 Å². The third kappa shape index (κ3) is 2.58. The number of carbonyl (C=O) groups is 1. The molecule has 0 saturated carbocycles. The average molecular weight is 244 g/mol. The Balaban J connectivity index is 3.08. The van der Waals surface area contributed by atoms with E-state index in [4.69, 9.17) is 22.1 Å². The number of hydrogen-bond acceptors (Lipinski definition) is 4. The molecular formula is C11H14ClNO3. The molecule has 0 bridgehead atoms.